The van der Waals surface area contributed by atoms with E-state index in [1.807, 2.05) is 33.8 Å². The first kappa shape index (κ1) is 18.2. The van der Waals surface area contributed by atoms with Crippen LogP contribution in [-0.2, 0) is 15.5 Å². The van der Waals surface area contributed by atoms with Gasteiger partial charge >= 0.3 is 15.7 Å². The summed E-state index contributed by atoms with van der Waals surface area (Å²) in [6, 6.07) is 12.7. The molecule has 2 aromatic carbocycles. The van der Waals surface area contributed by atoms with E-state index in [1.54, 1.807) is 24.3 Å². The summed E-state index contributed by atoms with van der Waals surface area (Å²) in [5.74, 6) is -0.0390. The first-order valence-corrected chi connectivity index (χ1v) is 9.57. The van der Waals surface area contributed by atoms with Gasteiger partial charge in [0.15, 0.2) is 5.75 Å². The van der Waals surface area contributed by atoms with Crippen molar-refractivity contribution >= 4 is 21.1 Å². The lowest BCUT2D eigenvalue weighted by Gasteiger charge is -2.19. The SMILES string of the molecule is Cc1ccc(S(=O)(=O)Oc2cc(=O)oc3ccc(C(C)(C)C)cc23)cc1. The van der Waals surface area contributed by atoms with Crippen LogP contribution in [0.2, 0.25) is 0 Å². The van der Waals surface area contributed by atoms with Gasteiger partial charge in [0.1, 0.15) is 10.5 Å². The van der Waals surface area contributed by atoms with Crippen LogP contribution in [0.4, 0.5) is 0 Å². The average molecular weight is 372 g/mol. The first-order chi connectivity index (χ1) is 12.1. The van der Waals surface area contributed by atoms with Crippen LogP contribution in [0.25, 0.3) is 11.0 Å². The Bertz CT molecular complexity index is 1120. The van der Waals surface area contributed by atoms with Crippen molar-refractivity contribution < 1.29 is 17.0 Å². The minimum atomic E-state index is -4.07. The summed E-state index contributed by atoms with van der Waals surface area (Å²) < 4.78 is 35.7. The number of aryl methyl sites for hydroxylation is 1. The Kier molecular flexibility index (Phi) is 4.40. The second kappa shape index (κ2) is 6.29. The molecular formula is C20H20O5S. The molecule has 3 rings (SSSR count). The molecule has 0 N–H and O–H groups in total. The van der Waals surface area contributed by atoms with Crippen LogP contribution in [0.3, 0.4) is 0 Å². The van der Waals surface area contributed by atoms with E-state index in [4.69, 9.17) is 8.60 Å². The van der Waals surface area contributed by atoms with E-state index < -0.39 is 15.7 Å². The standard InChI is InChI=1S/C20H20O5S/c1-13-5-8-15(9-6-13)26(22,23)25-18-12-19(21)24-17-10-7-14(11-16(17)18)20(2,3)4/h5-12H,1-4H3. The van der Waals surface area contributed by atoms with Crippen molar-refractivity contribution in [3.63, 3.8) is 0 Å². The zero-order valence-corrected chi connectivity index (χ0v) is 15.9. The Labute approximate surface area is 152 Å². The third-order valence-electron chi connectivity index (χ3n) is 4.08. The Hall–Kier alpha value is -2.60. The molecule has 0 unspecified atom stereocenters. The van der Waals surface area contributed by atoms with E-state index in [2.05, 4.69) is 0 Å². The molecular weight excluding hydrogens is 352 g/mol. The van der Waals surface area contributed by atoms with Crippen LogP contribution >= 0.6 is 0 Å². The van der Waals surface area contributed by atoms with Gasteiger partial charge in [-0.25, -0.2) is 4.79 Å². The molecule has 26 heavy (non-hydrogen) atoms. The molecule has 1 heterocycles. The summed E-state index contributed by atoms with van der Waals surface area (Å²) >= 11 is 0. The van der Waals surface area contributed by atoms with E-state index >= 15 is 0 Å². The van der Waals surface area contributed by atoms with Gasteiger partial charge in [-0.05, 0) is 42.2 Å². The topological polar surface area (TPSA) is 73.6 Å². The molecule has 0 bridgehead atoms. The Morgan fingerprint density at radius 2 is 1.62 bits per heavy atom. The molecule has 0 aliphatic rings. The van der Waals surface area contributed by atoms with Crippen molar-refractivity contribution in [2.24, 2.45) is 0 Å². The fraction of sp³-hybridized carbons (Fsp3) is 0.250. The van der Waals surface area contributed by atoms with Gasteiger partial charge in [-0.3, -0.25) is 0 Å². The third kappa shape index (κ3) is 3.65. The monoisotopic (exact) mass is 372 g/mol. The fourth-order valence-electron chi connectivity index (χ4n) is 2.54. The fourth-order valence-corrected chi connectivity index (χ4v) is 3.48. The van der Waals surface area contributed by atoms with Gasteiger partial charge in [0, 0.05) is 0 Å². The van der Waals surface area contributed by atoms with Crippen LogP contribution in [0, 0.1) is 6.92 Å². The van der Waals surface area contributed by atoms with E-state index in [0.717, 1.165) is 17.2 Å². The maximum Gasteiger partial charge on any atom is 0.340 e. The van der Waals surface area contributed by atoms with Gasteiger partial charge < -0.3 is 8.60 Å². The maximum atomic E-state index is 12.6. The molecule has 0 spiro atoms. The molecule has 0 atom stereocenters. The van der Waals surface area contributed by atoms with Crippen molar-refractivity contribution in [2.75, 3.05) is 0 Å². The van der Waals surface area contributed by atoms with Crippen LogP contribution < -0.4 is 9.81 Å². The zero-order valence-electron chi connectivity index (χ0n) is 15.1. The van der Waals surface area contributed by atoms with E-state index in [-0.39, 0.29) is 21.6 Å². The van der Waals surface area contributed by atoms with Crippen molar-refractivity contribution in [1.82, 2.24) is 0 Å². The lowest BCUT2D eigenvalue weighted by atomic mass is 9.86. The van der Waals surface area contributed by atoms with E-state index in [0.29, 0.717) is 5.39 Å². The molecule has 0 amide bonds. The first-order valence-electron chi connectivity index (χ1n) is 8.16. The normalized spacial score (nSPS) is 12.3. The van der Waals surface area contributed by atoms with E-state index in [1.165, 1.54) is 12.1 Å². The van der Waals surface area contributed by atoms with Crippen LogP contribution in [0.15, 0.2) is 62.6 Å². The number of benzene rings is 2. The highest BCUT2D eigenvalue weighted by Crippen LogP contribution is 2.31. The lowest BCUT2D eigenvalue weighted by molar-refractivity contribution is 0.482. The van der Waals surface area contributed by atoms with Crippen molar-refractivity contribution in [3.05, 3.63) is 70.1 Å². The highest BCUT2D eigenvalue weighted by molar-refractivity contribution is 7.87. The Balaban J connectivity index is 2.14. The Morgan fingerprint density at radius 1 is 0.962 bits per heavy atom. The minimum Gasteiger partial charge on any atom is -0.422 e. The number of fused-ring (bicyclic) bond motifs is 1. The predicted molar refractivity (Wildman–Crippen MR) is 100 cm³/mol. The summed E-state index contributed by atoms with van der Waals surface area (Å²) in [4.78, 5) is 11.8. The van der Waals surface area contributed by atoms with E-state index in [9.17, 15) is 13.2 Å². The van der Waals surface area contributed by atoms with Gasteiger partial charge in [-0.15, -0.1) is 0 Å². The van der Waals surface area contributed by atoms with Crippen molar-refractivity contribution in [2.45, 2.75) is 38.0 Å². The molecule has 6 heteroatoms. The van der Waals surface area contributed by atoms with Crippen LogP contribution in [-0.4, -0.2) is 8.42 Å². The molecule has 0 aliphatic carbocycles. The number of rotatable bonds is 3. The minimum absolute atomic E-state index is 0.0245. The van der Waals surface area contributed by atoms with Gasteiger partial charge in [-0.2, -0.15) is 8.42 Å². The number of hydrogen-bond donors (Lipinski definition) is 0. The molecule has 5 nitrogen and oxygen atoms in total. The summed E-state index contributed by atoms with van der Waals surface area (Å²) in [7, 11) is -4.07. The zero-order chi connectivity index (χ0) is 19.1. The molecule has 3 aromatic rings. The van der Waals surface area contributed by atoms with Gasteiger partial charge in [0.25, 0.3) is 0 Å². The smallest absolute Gasteiger partial charge is 0.340 e. The molecule has 0 radical (unpaired) electrons. The molecule has 0 aliphatic heterocycles. The second-order valence-corrected chi connectivity index (χ2v) is 8.79. The quantitative estimate of drug-likeness (QED) is 0.510. The molecule has 0 saturated carbocycles. The van der Waals surface area contributed by atoms with Crippen LogP contribution in [0.5, 0.6) is 5.75 Å². The summed E-state index contributed by atoms with van der Waals surface area (Å²) in [5, 5.41) is 0.438. The molecule has 136 valence electrons. The lowest BCUT2D eigenvalue weighted by Crippen LogP contribution is -2.13. The van der Waals surface area contributed by atoms with Crippen molar-refractivity contribution in [1.29, 1.82) is 0 Å². The summed E-state index contributed by atoms with van der Waals surface area (Å²) in [5.41, 5.74) is 1.35. The second-order valence-electron chi connectivity index (χ2n) is 7.24. The maximum absolute atomic E-state index is 12.6. The largest absolute Gasteiger partial charge is 0.422 e. The van der Waals surface area contributed by atoms with Crippen molar-refractivity contribution in [3.8, 4) is 5.75 Å². The molecule has 0 saturated heterocycles. The van der Waals surface area contributed by atoms with Gasteiger partial charge in [0.05, 0.1) is 11.5 Å². The van der Waals surface area contributed by atoms with Crippen LogP contribution in [0.1, 0.15) is 31.9 Å². The Morgan fingerprint density at radius 3 is 2.23 bits per heavy atom. The summed E-state index contributed by atoms with van der Waals surface area (Å²) in [6.07, 6.45) is 0. The van der Waals surface area contributed by atoms with Gasteiger partial charge in [0.2, 0.25) is 0 Å². The summed E-state index contributed by atoms with van der Waals surface area (Å²) in [6.45, 7) is 7.98. The highest BCUT2D eigenvalue weighted by atomic mass is 32.2. The van der Waals surface area contributed by atoms with Gasteiger partial charge in [-0.1, -0.05) is 44.5 Å². The third-order valence-corrected chi connectivity index (χ3v) is 5.33. The highest BCUT2D eigenvalue weighted by Gasteiger charge is 2.21. The molecule has 0 fully saturated rings. The predicted octanol–water partition coefficient (Wildman–Crippen LogP) is 4.17. The number of hydrogen-bond acceptors (Lipinski definition) is 5. The molecule has 1 aromatic heterocycles. The average Bonchev–Trinajstić information content (AvgIpc) is 2.53.